The Morgan fingerprint density at radius 1 is 1.25 bits per heavy atom. The lowest BCUT2D eigenvalue weighted by Gasteiger charge is -2.04. The second kappa shape index (κ2) is 4.49. The summed E-state index contributed by atoms with van der Waals surface area (Å²) in [4.78, 5) is 3.88. The molecule has 0 aliphatic carbocycles. The normalized spacial score (nSPS) is 10.4. The SMILES string of the molecule is Nc1cc(Cc2ccc(Cl)cc2F)ccn1. The maximum absolute atomic E-state index is 13.5. The van der Waals surface area contributed by atoms with Crippen molar-refractivity contribution in [3.05, 3.63) is 58.5 Å². The lowest BCUT2D eigenvalue weighted by Crippen LogP contribution is -1.95. The topological polar surface area (TPSA) is 38.9 Å². The molecular weight excluding hydrogens is 227 g/mol. The van der Waals surface area contributed by atoms with Crippen molar-refractivity contribution in [1.29, 1.82) is 0 Å². The van der Waals surface area contributed by atoms with E-state index in [9.17, 15) is 4.39 Å². The van der Waals surface area contributed by atoms with Gasteiger partial charge in [0.1, 0.15) is 11.6 Å². The highest BCUT2D eigenvalue weighted by Gasteiger charge is 2.04. The summed E-state index contributed by atoms with van der Waals surface area (Å²) in [5.74, 6) is 0.134. The summed E-state index contributed by atoms with van der Waals surface area (Å²) >= 11 is 5.68. The highest BCUT2D eigenvalue weighted by Crippen LogP contribution is 2.18. The van der Waals surface area contributed by atoms with Gasteiger partial charge >= 0.3 is 0 Å². The van der Waals surface area contributed by atoms with Gasteiger partial charge in [-0.1, -0.05) is 17.7 Å². The zero-order chi connectivity index (χ0) is 11.5. The van der Waals surface area contributed by atoms with Gasteiger partial charge in [0.05, 0.1) is 0 Å². The third-order valence-electron chi connectivity index (χ3n) is 2.26. The number of rotatable bonds is 2. The number of pyridine rings is 1. The van der Waals surface area contributed by atoms with Crippen LogP contribution in [0.1, 0.15) is 11.1 Å². The van der Waals surface area contributed by atoms with Crippen LogP contribution in [0.5, 0.6) is 0 Å². The molecule has 1 heterocycles. The van der Waals surface area contributed by atoms with Gasteiger partial charge in [0.15, 0.2) is 0 Å². The highest BCUT2D eigenvalue weighted by atomic mass is 35.5. The monoisotopic (exact) mass is 236 g/mol. The molecule has 0 bridgehead atoms. The van der Waals surface area contributed by atoms with Crippen molar-refractivity contribution in [1.82, 2.24) is 4.98 Å². The Kier molecular flexibility index (Phi) is 3.06. The molecule has 0 aliphatic rings. The van der Waals surface area contributed by atoms with Crippen LogP contribution >= 0.6 is 11.6 Å². The van der Waals surface area contributed by atoms with E-state index in [0.717, 1.165) is 5.56 Å². The molecule has 0 fully saturated rings. The number of hydrogen-bond acceptors (Lipinski definition) is 2. The van der Waals surface area contributed by atoms with Gasteiger partial charge in [0, 0.05) is 17.6 Å². The van der Waals surface area contributed by atoms with Crippen LogP contribution in [0.15, 0.2) is 36.5 Å². The maximum Gasteiger partial charge on any atom is 0.128 e. The van der Waals surface area contributed by atoms with Crippen LogP contribution in [0.25, 0.3) is 0 Å². The molecule has 1 aromatic heterocycles. The molecule has 0 spiro atoms. The molecular formula is C12H10ClFN2. The van der Waals surface area contributed by atoms with E-state index in [1.807, 2.05) is 6.07 Å². The Morgan fingerprint density at radius 3 is 2.75 bits per heavy atom. The maximum atomic E-state index is 13.5. The van der Waals surface area contributed by atoms with Crippen molar-refractivity contribution in [2.75, 3.05) is 5.73 Å². The van der Waals surface area contributed by atoms with Crippen LogP contribution in [0.4, 0.5) is 10.2 Å². The molecule has 0 atom stereocenters. The van der Waals surface area contributed by atoms with E-state index >= 15 is 0 Å². The lowest BCUT2D eigenvalue weighted by molar-refractivity contribution is 0.614. The summed E-state index contributed by atoms with van der Waals surface area (Å²) in [6.45, 7) is 0. The average Bonchev–Trinajstić information content (AvgIpc) is 2.22. The fourth-order valence-corrected chi connectivity index (χ4v) is 1.65. The molecule has 2 nitrogen and oxygen atoms in total. The molecule has 0 unspecified atom stereocenters. The van der Waals surface area contributed by atoms with Gasteiger partial charge in [-0.2, -0.15) is 0 Å². The molecule has 0 saturated heterocycles. The molecule has 0 radical (unpaired) electrons. The molecule has 0 aliphatic heterocycles. The van der Waals surface area contributed by atoms with E-state index in [-0.39, 0.29) is 5.82 Å². The third kappa shape index (κ3) is 2.49. The summed E-state index contributed by atoms with van der Waals surface area (Å²) in [7, 11) is 0. The first-order chi connectivity index (χ1) is 7.65. The van der Waals surface area contributed by atoms with Gasteiger partial charge in [-0.05, 0) is 35.4 Å². The van der Waals surface area contributed by atoms with Crippen LogP contribution in [-0.2, 0) is 6.42 Å². The molecule has 0 saturated carbocycles. The number of anilines is 1. The van der Waals surface area contributed by atoms with Crippen LogP contribution in [0, 0.1) is 5.82 Å². The van der Waals surface area contributed by atoms with Crippen LogP contribution in [-0.4, -0.2) is 4.98 Å². The molecule has 4 heteroatoms. The molecule has 16 heavy (non-hydrogen) atoms. The summed E-state index contributed by atoms with van der Waals surface area (Å²) in [5.41, 5.74) is 7.07. The third-order valence-corrected chi connectivity index (χ3v) is 2.49. The van der Waals surface area contributed by atoms with Crippen LogP contribution in [0.2, 0.25) is 5.02 Å². The Bertz CT molecular complexity index is 514. The van der Waals surface area contributed by atoms with Gasteiger partial charge < -0.3 is 5.73 Å². The number of nitrogens with two attached hydrogens (primary N) is 1. The average molecular weight is 237 g/mol. The predicted molar refractivity (Wildman–Crippen MR) is 62.9 cm³/mol. The van der Waals surface area contributed by atoms with E-state index in [4.69, 9.17) is 17.3 Å². The first-order valence-corrected chi connectivity index (χ1v) is 5.17. The largest absolute Gasteiger partial charge is 0.384 e. The number of halogens is 2. The van der Waals surface area contributed by atoms with E-state index in [1.165, 1.54) is 6.07 Å². The Hall–Kier alpha value is -1.61. The molecule has 1 aromatic carbocycles. The zero-order valence-corrected chi connectivity index (χ0v) is 9.21. The van der Waals surface area contributed by atoms with Crippen LogP contribution < -0.4 is 5.73 Å². The molecule has 2 rings (SSSR count). The fourth-order valence-electron chi connectivity index (χ4n) is 1.49. The minimum atomic E-state index is -0.303. The lowest BCUT2D eigenvalue weighted by atomic mass is 10.1. The van der Waals surface area contributed by atoms with Gasteiger partial charge in [-0.15, -0.1) is 0 Å². The quantitative estimate of drug-likeness (QED) is 0.871. The minimum Gasteiger partial charge on any atom is -0.384 e. The molecule has 0 amide bonds. The number of aromatic nitrogens is 1. The molecule has 82 valence electrons. The Labute approximate surface area is 97.9 Å². The fraction of sp³-hybridized carbons (Fsp3) is 0.0833. The van der Waals surface area contributed by atoms with Gasteiger partial charge in [-0.25, -0.2) is 9.37 Å². The first-order valence-electron chi connectivity index (χ1n) is 4.79. The van der Waals surface area contributed by atoms with E-state index in [1.54, 1.807) is 24.4 Å². The van der Waals surface area contributed by atoms with Crippen molar-refractivity contribution in [3.63, 3.8) is 0 Å². The number of hydrogen-bond donors (Lipinski definition) is 1. The second-order valence-electron chi connectivity index (χ2n) is 3.50. The Morgan fingerprint density at radius 2 is 2.06 bits per heavy atom. The van der Waals surface area contributed by atoms with Crippen molar-refractivity contribution >= 4 is 17.4 Å². The van der Waals surface area contributed by atoms with E-state index in [0.29, 0.717) is 22.8 Å². The summed E-state index contributed by atoms with van der Waals surface area (Å²) in [5, 5.41) is 0.399. The smallest absolute Gasteiger partial charge is 0.128 e. The molecule has 2 N–H and O–H groups in total. The number of nitrogens with zero attached hydrogens (tertiary/aromatic N) is 1. The van der Waals surface area contributed by atoms with E-state index < -0.39 is 0 Å². The second-order valence-corrected chi connectivity index (χ2v) is 3.94. The van der Waals surface area contributed by atoms with E-state index in [2.05, 4.69) is 4.98 Å². The zero-order valence-electron chi connectivity index (χ0n) is 8.45. The predicted octanol–water partition coefficient (Wildman–Crippen LogP) is 3.05. The van der Waals surface area contributed by atoms with Crippen LogP contribution in [0.3, 0.4) is 0 Å². The van der Waals surface area contributed by atoms with Crippen molar-refractivity contribution in [2.24, 2.45) is 0 Å². The summed E-state index contributed by atoms with van der Waals surface area (Å²) < 4.78 is 13.5. The summed E-state index contributed by atoms with van der Waals surface area (Å²) in [6.07, 6.45) is 2.09. The minimum absolute atomic E-state index is 0.303. The standard InChI is InChI=1S/C12H10ClFN2/c13-10-2-1-9(11(14)7-10)5-8-3-4-16-12(15)6-8/h1-4,6-7H,5H2,(H2,15,16). The van der Waals surface area contributed by atoms with Crippen molar-refractivity contribution in [3.8, 4) is 0 Å². The van der Waals surface area contributed by atoms with Crippen molar-refractivity contribution in [2.45, 2.75) is 6.42 Å². The first kappa shape index (κ1) is 10.9. The molecule has 2 aromatic rings. The number of benzene rings is 1. The number of nitrogen functional groups attached to an aromatic ring is 1. The summed E-state index contributed by atoms with van der Waals surface area (Å²) in [6, 6.07) is 8.19. The van der Waals surface area contributed by atoms with Gasteiger partial charge in [0.25, 0.3) is 0 Å². The Balaban J connectivity index is 2.27. The highest BCUT2D eigenvalue weighted by molar-refractivity contribution is 6.30. The van der Waals surface area contributed by atoms with Gasteiger partial charge in [0.2, 0.25) is 0 Å². The van der Waals surface area contributed by atoms with Crippen molar-refractivity contribution < 1.29 is 4.39 Å². The van der Waals surface area contributed by atoms with Gasteiger partial charge in [-0.3, -0.25) is 0 Å².